The van der Waals surface area contributed by atoms with Crippen LogP contribution in [0.25, 0.3) is 0 Å². The first-order valence-electron chi connectivity index (χ1n) is 7.92. The van der Waals surface area contributed by atoms with Crippen LogP contribution in [0.3, 0.4) is 0 Å². The van der Waals surface area contributed by atoms with Crippen LogP contribution in [-0.2, 0) is 4.79 Å². The van der Waals surface area contributed by atoms with Crippen molar-refractivity contribution in [1.82, 2.24) is 20.0 Å². The molecule has 1 amide bonds. The van der Waals surface area contributed by atoms with Gasteiger partial charge in [-0.1, -0.05) is 6.92 Å². The van der Waals surface area contributed by atoms with Crippen LogP contribution in [0.1, 0.15) is 19.8 Å². The Morgan fingerprint density at radius 1 is 1.27 bits per heavy atom. The molecule has 1 heterocycles. The Kier molecular flexibility index (Phi) is 7.88. The van der Waals surface area contributed by atoms with Gasteiger partial charge in [0.1, 0.15) is 0 Å². The van der Waals surface area contributed by atoms with Crippen LogP contribution in [0.4, 0.5) is 0 Å². The van der Waals surface area contributed by atoms with Gasteiger partial charge < -0.3 is 15.1 Å². The molecule has 1 saturated carbocycles. The third-order valence-electron chi connectivity index (χ3n) is 4.45. The fourth-order valence-electron chi connectivity index (χ4n) is 2.65. The number of carbonyl (C=O) groups is 1. The molecule has 0 aromatic carbocycles. The van der Waals surface area contributed by atoms with E-state index in [1.807, 2.05) is 21.1 Å². The van der Waals surface area contributed by atoms with Crippen molar-refractivity contribution in [3.63, 3.8) is 0 Å². The number of halogens is 1. The summed E-state index contributed by atoms with van der Waals surface area (Å²) in [6, 6.07) is 0.611. The zero-order chi connectivity index (χ0) is 15.4. The Hall–Kier alpha value is -0.570. The molecule has 1 aliphatic heterocycles. The quantitative estimate of drug-likeness (QED) is 0.411. The van der Waals surface area contributed by atoms with Crippen LogP contribution in [0.2, 0.25) is 0 Å². The number of hydrogen-bond donors (Lipinski definition) is 1. The number of nitrogens with one attached hydrogen (secondary N) is 1. The van der Waals surface area contributed by atoms with Gasteiger partial charge in [-0.3, -0.25) is 14.7 Å². The summed E-state index contributed by atoms with van der Waals surface area (Å²) in [6.45, 7) is 7.10. The zero-order valence-corrected chi connectivity index (χ0v) is 16.5. The molecule has 2 fully saturated rings. The number of aliphatic imine (C=N–C) groups is 1. The minimum absolute atomic E-state index is 0. The van der Waals surface area contributed by atoms with Gasteiger partial charge in [0.2, 0.25) is 5.91 Å². The lowest BCUT2D eigenvalue weighted by Crippen LogP contribution is -2.53. The van der Waals surface area contributed by atoms with Gasteiger partial charge in [-0.25, -0.2) is 0 Å². The van der Waals surface area contributed by atoms with Crippen molar-refractivity contribution < 1.29 is 4.79 Å². The van der Waals surface area contributed by atoms with E-state index in [2.05, 4.69) is 27.0 Å². The van der Waals surface area contributed by atoms with Crippen molar-refractivity contribution in [3.05, 3.63) is 0 Å². The third-order valence-corrected chi connectivity index (χ3v) is 4.45. The summed E-state index contributed by atoms with van der Waals surface area (Å²) < 4.78 is 0. The van der Waals surface area contributed by atoms with Gasteiger partial charge in [-0.15, -0.1) is 24.0 Å². The molecule has 2 aliphatic rings. The Morgan fingerprint density at radius 2 is 1.86 bits per heavy atom. The fourth-order valence-corrected chi connectivity index (χ4v) is 2.65. The maximum Gasteiger partial charge on any atom is 0.223 e. The van der Waals surface area contributed by atoms with Gasteiger partial charge in [-0.2, -0.15) is 0 Å². The summed E-state index contributed by atoms with van der Waals surface area (Å²) in [5.74, 6) is 2.02. The van der Waals surface area contributed by atoms with Crippen molar-refractivity contribution in [3.8, 4) is 0 Å². The van der Waals surface area contributed by atoms with Gasteiger partial charge in [-0.05, 0) is 12.3 Å². The van der Waals surface area contributed by atoms with Gasteiger partial charge in [0.25, 0.3) is 0 Å². The molecule has 22 heavy (non-hydrogen) atoms. The highest BCUT2D eigenvalue weighted by Gasteiger charge is 2.34. The van der Waals surface area contributed by atoms with E-state index in [1.54, 1.807) is 4.90 Å². The molecular formula is C15H30IN5O. The fraction of sp³-hybridized carbons (Fsp3) is 0.867. The molecule has 1 aliphatic carbocycles. The molecule has 1 saturated heterocycles. The molecule has 0 radical (unpaired) electrons. The molecule has 0 aromatic rings. The van der Waals surface area contributed by atoms with E-state index in [0.29, 0.717) is 12.5 Å². The molecule has 128 valence electrons. The van der Waals surface area contributed by atoms with Crippen molar-refractivity contribution in [2.75, 3.05) is 53.9 Å². The standard InChI is InChI=1S/C15H29N5O.HI/c1-12-11-13(12)17-15(16-2)20-9-7-19(8-10-20)6-5-14(21)18(3)4;/h12-13H,5-11H2,1-4H3,(H,16,17);1H. The van der Waals surface area contributed by atoms with E-state index in [4.69, 9.17) is 0 Å². The Morgan fingerprint density at radius 3 is 2.32 bits per heavy atom. The van der Waals surface area contributed by atoms with Gasteiger partial charge in [0, 0.05) is 66.3 Å². The summed E-state index contributed by atoms with van der Waals surface area (Å²) in [4.78, 5) is 22.4. The monoisotopic (exact) mass is 423 g/mol. The number of hydrogen-bond acceptors (Lipinski definition) is 3. The minimum Gasteiger partial charge on any atom is -0.353 e. The largest absolute Gasteiger partial charge is 0.353 e. The highest BCUT2D eigenvalue weighted by molar-refractivity contribution is 14.0. The predicted molar refractivity (Wildman–Crippen MR) is 101 cm³/mol. The molecule has 2 rings (SSSR count). The Labute approximate surface area is 151 Å². The molecule has 0 aromatic heterocycles. The maximum atomic E-state index is 11.6. The first-order chi connectivity index (χ1) is 10.0. The average Bonchev–Trinajstić information content (AvgIpc) is 3.18. The topological polar surface area (TPSA) is 51.2 Å². The number of amides is 1. The first-order valence-corrected chi connectivity index (χ1v) is 7.92. The molecule has 0 bridgehead atoms. The van der Waals surface area contributed by atoms with E-state index in [0.717, 1.165) is 44.6 Å². The van der Waals surface area contributed by atoms with E-state index in [1.165, 1.54) is 6.42 Å². The third kappa shape index (κ3) is 5.57. The Bertz CT molecular complexity index is 393. The molecule has 1 N–H and O–H groups in total. The second-order valence-corrected chi connectivity index (χ2v) is 6.38. The number of guanidine groups is 1. The van der Waals surface area contributed by atoms with Crippen LogP contribution in [0.15, 0.2) is 4.99 Å². The highest BCUT2D eigenvalue weighted by Crippen LogP contribution is 2.29. The summed E-state index contributed by atoms with van der Waals surface area (Å²) in [6.07, 6.45) is 1.87. The lowest BCUT2D eigenvalue weighted by atomic mass is 10.3. The number of carbonyl (C=O) groups excluding carboxylic acids is 1. The predicted octanol–water partition coefficient (Wildman–Crippen LogP) is 0.684. The van der Waals surface area contributed by atoms with Crippen molar-refractivity contribution in [2.24, 2.45) is 10.9 Å². The zero-order valence-electron chi connectivity index (χ0n) is 14.2. The summed E-state index contributed by atoms with van der Waals surface area (Å²) >= 11 is 0. The SMILES string of the molecule is CN=C(NC1CC1C)N1CCN(CCC(=O)N(C)C)CC1.I. The number of piperazine rings is 1. The molecule has 2 atom stereocenters. The second kappa shape index (κ2) is 8.90. The lowest BCUT2D eigenvalue weighted by Gasteiger charge is -2.36. The van der Waals surface area contributed by atoms with Gasteiger partial charge in [0.05, 0.1) is 0 Å². The van der Waals surface area contributed by atoms with Gasteiger partial charge >= 0.3 is 0 Å². The maximum absolute atomic E-state index is 11.6. The minimum atomic E-state index is 0. The molecule has 6 nitrogen and oxygen atoms in total. The molecule has 7 heteroatoms. The summed E-state index contributed by atoms with van der Waals surface area (Å²) in [5.41, 5.74) is 0. The van der Waals surface area contributed by atoms with E-state index < -0.39 is 0 Å². The Balaban J connectivity index is 0.00000242. The second-order valence-electron chi connectivity index (χ2n) is 6.38. The van der Waals surface area contributed by atoms with E-state index in [9.17, 15) is 4.79 Å². The summed E-state index contributed by atoms with van der Waals surface area (Å²) in [5, 5.41) is 3.54. The van der Waals surface area contributed by atoms with Crippen LogP contribution in [0.5, 0.6) is 0 Å². The number of rotatable bonds is 4. The van der Waals surface area contributed by atoms with Crippen LogP contribution >= 0.6 is 24.0 Å². The average molecular weight is 423 g/mol. The first kappa shape index (κ1) is 19.5. The van der Waals surface area contributed by atoms with E-state index in [-0.39, 0.29) is 29.9 Å². The molecular weight excluding hydrogens is 393 g/mol. The van der Waals surface area contributed by atoms with Crippen molar-refractivity contribution >= 4 is 35.8 Å². The molecule has 2 unspecified atom stereocenters. The van der Waals surface area contributed by atoms with Gasteiger partial charge in [0.15, 0.2) is 5.96 Å². The number of nitrogens with zero attached hydrogens (tertiary/aromatic N) is 4. The van der Waals surface area contributed by atoms with Crippen molar-refractivity contribution in [2.45, 2.75) is 25.8 Å². The van der Waals surface area contributed by atoms with E-state index >= 15 is 0 Å². The smallest absolute Gasteiger partial charge is 0.223 e. The normalized spacial score (nSPS) is 25.5. The molecule has 0 spiro atoms. The van der Waals surface area contributed by atoms with Crippen LogP contribution in [-0.4, -0.2) is 86.5 Å². The lowest BCUT2D eigenvalue weighted by molar-refractivity contribution is -0.129. The van der Waals surface area contributed by atoms with Crippen molar-refractivity contribution in [1.29, 1.82) is 0 Å². The van der Waals surface area contributed by atoms with Crippen LogP contribution < -0.4 is 5.32 Å². The van der Waals surface area contributed by atoms with Crippen LogP contribution in [0, 0.1) is 5.92 Å². The highest BCUT2D eigenvalue weighted by atomic mass is 127. The summed E-state index contributed by atoms with van der Waals surface area (Å²) in [7, 11) is 5.49.